The van der Waals surface area contributed by atoms with E-state index in [4.69, 9.17) is 4.74 Å². The van der Waals surface area contributed by atoms with Crippen molar-refractivity contribution < 1.29 is 4.74 Å². The average molecular weight is 467 g/mol. The molecule has 0 aliphatic carbocycles. The summed E-state index contributed by atoms with van der Waals surface area (Å²) in [5.41, 5.74) is 2.49. The van der Waals surface area contributed by atoms with Crippen LogP contribution in [0.2, 0.25) is 0 Å². The van der Waals surface area contributed by atoms with Crippen LogP contribution in [0.25, 0.3) is 11.4 Å². The smallest absolute Gasteiger partial charge is 0.159 e. The molecule has 1 heterocycles. The summed E-state index contributed by atoms with van der Waals surface area (Å²) >= 11 is 0. The topological polar surface area (TPSA) is 35.0 Å². The van der Waals surface area contributed by atoms with E-state index in [1.54, 1.807) is 12.4 Å². The van der Waals surface area contributed by atoms with E-state index < -0.39 is 0 Å². The molecule has 190 valence electrons. The van der Waals surface area contributed by atoms with Crippen molar-refractivity contribution in [2.75, 3.05) is 6.61 Å². The van der Waals surface area contributed by atoms with Crippen LogP contribution in [0.5, 0.6) is 5.75 Å². The summed E-state index contributed by atoms with van der Waals surface area (Å²) in [7, 11) is 0. The second kappa shape index (κ2) is 19.4. The predicted molar refractivity (Wildman–Crippen MR) is 147 cm³/mol. The maximum Gasteiger partial charge on any atom is 0.159 e. The number of nitrogens with zero attached hydrogens (tertiary/aromatic N) is 2. The lowest BCUT2D eigenvalue weighted by Gasteiger charge is -2.07. The summed E-state index contributed by atoms with van der Waals surface area (Å²) < 4.78 is 5.80. The van der Waals surface area contributed by atoms with Crippen LogP contribution in [0.15, 0.2) is 36.7 Å². The molecule has 0 aliphatic heterocycles. The Morgan fingerprint density at radius 2 is 1.03 bits per heavy atom. The Bertz CT molecular complexity index is 711. The molecule has 34 heavy (non-hydrogen) atoms. The molecular formula is C31H50N2O. The highest BCUT2D eigenvalue weighted by Gasteiger charge is 2.03. The number of hydrogen-bond acceptors (Lipinski definition) is 3. The Kier molecular flexibility index (Phi) is 16.2. The van der Waals surface area contributed by atoms with Crippen molar-refractivity contribution in [2.24, 2.45) is 0 Å². The van der Waals surface area contributed by atoms with Crippen LogP contribution < -0.4 is 4.74 Å². The number of rotatable bonds is 21. The second-order valence-corrected chi connectivity index (χ2v) is 9.84. The molecule has 0 saturated heterocycles. The third kappa shape index (κ3) is 13.1. The first-order valence-corrected chi connectivity index (χ1v) is 14.4. The molecule has 0 saturated carbocycles. The van der Waals surface area contributed by atoms with Crippen LogP contribution in [0.3, 0.4) is 0 Å². The first-order valence-electron chi connectivity index (χ1n) is 14.4. The summed E-state index contributed by atoms with van der Waals surface area (Å²) in [5, 5.41) is 0. The van der Waals surface area contributed by atoms with E-state index in [-0.39, 0.29) is 0 Å². The minimum Gasteiger partial charge on any atom is -0.490 e. The van der Waals surface area contributed by atoms with E-state index in [0.29, 0.717) is 0 Å². The Morgan fingerprint density at radius 3 is 1.56 bits per heavy atom. The fourth-order valence-electron chi connectivity index (χ4n) is 4.43. The first-order chi connectivity index (χ1) is 16.8. The van der Waals surface area contributed by atoms with Gasteiger partial charge in [0.15, 0.2) is 11.6 Å². The first kappa shape index (κ1) is 28.3. The largest absolute Gasteiger partial charge is 0.490 e. The zero-order valence-electron chi connectivity index (χ0n) is 22.2. The van der Waals surface area contributed by atoms with Gasteiger partial charge in [0.2, 0.25) is 0 Å². The van der Waals surface area contributed by atoms with Gasteiger partial charge in [0, 0.05) is 5.56 Å². The normalized spacial score (nSPS) is 11.1. The zero-order valence-corrected chi connectivity index (χ0v) is 22.2. The van der Waals surface area contributed by atoms with Crippen molar-refractivity contribution in [1.29, 1.82) is 0 Å². The van der Waals surface area contributed by atoms with E-state index >= 15 is 0 Å². The maximum absolute atomic E-state index is 5.80. The Hall–Kier alpha value is -1.90. The molecule has 0 amide bonds. The standard InChI is InChI=1S/C31H50N2O/c1-3-5-7-9-11-12-13-14-15-16-18-20-28-21-23-29(24-22-28)31-32-26-30(27-33-31)34-25-19-17-10-8-6-4-2/h21-24,26-27H,3-20,25H2,1-2H3. The molecule has 0 fully saturated rings. The predicted octanol–water partition coefficient (Wildman–Crippen LogP) is 9.74. The summed E-state index contributed by atoms with van der Waals surface area (Å²) in [6.07, 6.45) is 27.7. The summed E-state index contributed by atoms with van der Waals surface area (Å²) in [6, 6.07) is 8.77. The molecule has 0 radical (unpaired) electrons. The monoisotopic (exact) mass is 466 g/mol. The van der Waals surface area contributed by atoms with Crippen LogP contribution in [0, 0.1) is 0 Å². The molecule has 0 unspecified atom stereocenters. The van der Waals surface area contributed by atoms with Crippen LogP contribution >= 0.6 is 0 Å². The van der Waals surface area contributed by atoms with E-state index in [0.717, 1.165) is 30.2 Å². The van der Waals surface area contributed by atoms with E-state index in [2.05, 4.69) is 48.1 Å². The van der Waals surface area contributed by atoms with Gasteiger partial charge in [0.1, 0.15) is 0 Å². The molecule has 3 heteroatoms. The van der Waals surface area contributed by atoms with E-state index in [9.17, 15) is 0 Å². The molecule has 2 aromatic rings. The van der Waals surface area contributed by atoms with Gasteiger partial charge in [-0.25, -0.2) is 9.97 Å². The third-order valence-corrected chi connectivity index (χ3v) is 6.68. The van der Waals surface area contributed by atoms with Gasteiger partial charge in [-0.2, -0.15) is 0 Å². The third-order valence-electron chi connectivity index (χ3n) is 6.68. The van der Waals surface area contributed by atoms with Crippen molar-refractivity contribution in [3.8, 4) is 17.1 Å². The van der Waals surface area contributed by atoms with Crippen molar-refractivity contribution in [3.63, 3.8) is 0 Å². The van der Waals surface area contributed by atoms with Gasteiger partial charge in [-0.15, -0.1) is 0 Å². The van der Waals surface area contributed by atoms with Gasteiger partial charge in [-0.05, 0) is 24.8 Å². The molecule has 0 N–H and O–H groups in total. The molecule has 1 aromatic heterocycles. The summed E-state index contributed by atoms with van der Waals surface area (Å²) in [5.74, 6) is 1.54. The highest BCUT2D eigenvalue weighted by Crippen LogP contribution is 2.19. The number of aryl methyl sites for hydroxylation is 1. The maximum atomic E-state index is 5.80. The molecule has 0 bridgehead atoms. The lowest BCUT2D eigenvalue weighted by Crippen LogP contribution is -1.99. The number of unbranched alkanes of at least 4 members (excludes halogenated alkanes) is 15. The molecule has 0 spiro atoms. The van der Waals surface area contributed by atoms with Gasteiger partial charge in [-0.1, -0.05) is 134 Å². The number of benzene rings is 1. The fourth-order valence-corrected chi connectivity index (χ4v) is 4.43. The van der Waals surface area contributed by atoms with Crippen molar-refractivity contribution in [2.45, 2.75) is 129 Å². The SMILES string of the molecule is CCCCCCCCCCCCCc1ccc(-c2ncc(OCCCCCCCC)cn2)cc1. The zero-order chi connectivity index (χ0) is 24.1. The molecular weight excluding hydrogens is 416 g/mol. The molecule has 0 aliphatic rings. The number of ether oxygens (including phenoxy) is 1. The number of aromatic nitrogens is 2. The lowest BCUT2D eigenvalue weighted by molar-refractivity contribution is 0.302. The average Bonchev–Trinajstić information content (AvgIpc) is 2.87. The highest BCUT2D eigenvalue weighted by atomic mass is 16.5. The Morgan fingerprint density at radius 1 is 0.559 bits per heavy atom. The minimum absolute atomic E-state index is 0.753. The van der Waals surface area contributed by atoms with E-state index in [1.807, 2.05) is 0 Å². The van der Waals surface area contributed by atoms with Gasteiger partial charge in [0.25, 0.3) is 0 Å². The Labute approximate surface area is 210 Å². The highest BCUT2D eigenvalue weighted by molar-refractivity contribution is 5.55. The van der Waals surface area contributed by atoms with Gasteiger partial charge >= 0.3 is 0 Å². The summed E-state index contributed by atoms with van der Waals surface area (Å²) in [6.45, 7) is 5.29. The second-order valence-electron chi connectivity index (χ2n) is 9.84. The van der Waals surface area contributed by atoms with Gasteiger partial charge in [0.05, 0.1) is 19.0 Å². The van der Waals surface area contributed by atoms with Crippen molar-refractivity contribution >= 4 is 0 Å². The van der Waals surface area contributed by atoms with Crippen LogP contribution in [0.4, 0.5) is 0 Å². The minimum atomic E-state index is 0.753. The molecule has 1 aromatic carbocycles. The van der Waals surface area contributed by atoms with Crippen molar-refractivity contribution in [3.05, 3.63) is 42.2 Å². The summed E-state index contributed by atoms with van der Waals surface area (Å²) in [4.78, 5) is 9.03. The fraction of sp³-hybridized carbons (Fsp3) is 0.677. The van der Waals surface area contributed by atoms with Crippen molar-refractivity contribution in [1.82, 2.24) is 9.97 Å². The number of hydrogen-bond donors (Lipinski definition) is 0. The lowest BCUT2D eigenvalue weighted by atomic mass is 10.0. The molecule has 3 nitrogen and oxygen atoms in total. The quantitative estimate of drug-likeness (QED) is 0.172. The van der Waals surface area contributed by atoms with Crippen LogP contribution in [0.1, 0.15) is 129 Å². The molecule has 2 rings (SSSR count). The van der Waals surface area contributed by atoms with Gasteiger partial charge < -0.3 is 4.74 Å². The van der Waals surface area contributed by atoms with Gasteiger partial charge in [-0.3, -0.25) is 0 Å². The van der Waals surface area contributed by atoms with E-state index in [1.165, 1.54) is 115 Å². The molecule has 0 atom stereocenters. The van der Waals surface area contributed by atoms with Crippen LogP contribution in [-0.2, 0) is 6.42 Å². The van der Waals surface area contributed by atoms with Crippen LogP contribution in [-0.4, -0.2) is 16.6 Å². The Balaban J connectivity index is 1.56.